The maximum atomic E-state index is 13.2. The average Bonchev–Trinajstić information content (AvgIpc) is 3.16. The molecule has 2 unspecified atom stereocenters. The number of hydrogen-bond acceptors (Lipinski definition) is 13. The first-order chi connectivity index (χ1) is 24.9. The first kappa shape index (κ1) is 36.4. The number of carbonyl (C=O) groups excluding carboxylic acids is 2. The molecule has 0 bridgehead atoms. The van der Waals surface area contributed by atoms with E-state index in [1.54, 1.807) is 0 Å². The lowest BCUT2D eigenvalue weighted by Crippen LogP contribution is -2.67. The predicted octanol–water partition coefficient (Wildman–Crippen LogP) is 3.88. The van der Waals surface area contributed by atoms with Gasteiger partial charge in [-0.3, -0.25) is 4.79 Å². The zero-order valence-electron chi connectivity index (χ0n) is 27.9. The summed E-state index contributed by atoms with van der Waals surface area (Å²) in [5.74, 6) is -1.65. The minimum atomic E-state index is -1.79. The summed E-state index contributed by atoms with van der Waals surface area (Å²) in [6, 6.07) is 26.6. The summed E-state index contributed by atoms with van der Waals surface area (Å²) >= 11 is 0. The van der Waals surface area contributed by atoms with Gasteiger partial charge in [-0.1, -0.05) is 96.1 Å². The van der Waals surface area contributed by atoms with Crippen molar-refractivity contribution in [1.82, 2.24) is 0 Å². The van der Waals surface area contributed by atoms with Gasteiger partial charge in [0, 0.05) is 17.4 Å². The maximum absolute atomic E-state index is 13.2. The van der Waals surface area contributed by atoms with Gasteiger partial charge >= 0.3 is 11.9 Å². The van der Waals surface area contributed by atoms with Crippen LogP contribution in [0, 0.1) is 0 Å². The highest BCUT2D eigenvalue weighted by atomic mass is 16.8. The van der Waals surface area contributed by atoms with Crippen molar-refractivity contribution in [3.63, 3.8) is 0 Å². The van der Waals surface area contributed by atoms with Crippen molar-refractivity contribution < 1.29 is 57.3 Å². The second kappa shape index (κ2) is 17.2. The molecule has 0 aliphatic carbocycles. The van der Waals surface area contributed by atoms with Crippen molar-refractivity contribution in [2.45, 2.75) is 87.8 Å². The van der Waals surface area contributed by atoms with Crippen LogP contribution in [0.2, 0.25) is 0 Å². The predicted molar refractivity (Wildman–Crippen MR) is 175 cm³/mol. The van der Waals surface area contributed by atoms with Gasteiger partial charge in [0.1, 0.15) is 36.6 Å². The van der Waals surface area contributed by atoms with Gasteiger partial charge in [-0.05, 0) is 16.7 Å². The lowest BCUT2D eigenvalue weighted by Gasteiger charge is -2.50. The quantitative estimate of drug-likeness (QED) is 0.124. The Hall–Kier alpha value is -4.41. The van der Waals surface area contributed by atoms with E-state index in [2.05, 4.69) is 10.0 Å². The Morgan fingerprint density at radius 1 is 0.843 bits per heavy atom. The van der Waals surface area contributed by atoms with E-state index in [4.69, 9.17) is 42.6 Å². The van der Waals surface area contributed by atoms with Crippen LogP contribution in [0.15, 0.2) is 96.1 Å². The largest absolute Gasteiger partial charge is 0.467 e. The molecule has 270 valence electrons. The normalized spacial score (nSPS) is 31.8. The molecule has 15 heteroatoms. The molecule has 0 amide bonds. The van der Waals surface area contributed by atoms with Crippen LogP contribution in [0.25, 0.3) is 10.4 Å². The van der Waals surface area contributed by atoms with Gasteiger partial charge in [0.25, 0.3) is 0 Å². The van der Waals surface area contributed by atoms with Crippen LogP contribution < -0.4 is 0 Å². The summed E-state index contributed by atoms with van der Waals surface area (Å²) < 4.78 is 54.2. The second-order valence-corrected chi connectivity index (χ2v) is 12.1. The highest BCUT2D eigenvalue weighted by Gasteiger charge is 2.56. The number of benzene rings is 3. The van der Waals surface area contributed by atoms with Crippen LogP contribution in [-0.2, 0) is 65.4 Å². The molecule has 51 heavy (non-hydrogen) atoms. The van der Waals surface area contributed by atoms with Gasteiger partial charge in [-0.25, -0.2) is 4.79 Å². The molecule has 0 saturated carbocycles. The first-order valence-corrected chi connectivity index (χ1v) is 16.4. The molecule has 6 rings (SSSR count). The number of hydrogen-bond donors (Lipinski definition) is 1. The smallest absolute Gasteiger partial charge is 0.337 e. The van der Waals surface area contributed by atoms with Gasteiger partial charge in [0.2, 0.25) is 0 Å². The number of carbonyl (C=O) groups is 2. The Bertz CT molecular complexity index is 1630. The zero-order chi connectivity index (χ0) is 35.7. The van der Waals surface area contributed by atoms with E-state index in [0.29, 0.717) is 0 Å². The summed E-state index contributed by atoms with van der Waals surface area (Å²) in [7, 11) is 1.14. The third-order valence-electron chi connectivity index (χ3n) is 8.67. The fourth-order valence-electron chi connectivity index (χ4n) is 6.30. The number of rotatable bonds is 12. The molecule has 3 fully saturated rings. The molecule has 0 spiro atoms. The molecule has 1 N–H and O–H groups in total. The summed E-state index contributed by atoms with van der Waals surface area (Å²) in [5, 5.41) is 15.0. The van der Waals surface area contributed by atoms with Crippen molar-refractivity contribution >= 4 is 11.9 Å². The lowest BCUT2D eigenvalue weighted by molar-refractivity contribution is -0.370. The third-order valence-corrected chi connectivity index (χ3v) is 8.67. The van der Waals surface area contributed by atoms with E-state index in [0.717, 1.165) is 30.7 Å². The molecule has 3 aromatic carbocycles. The summed E-state index contributed by atoms with van der Waals surface area (Å²) in [6.45, 7) is 1.30. The zero-order valence-corrected chi connectivity index (χ0v) is 27.9. The molecule has 3 heterocycles. The highest BCUT2D eigenvalue weighted by molar-refractivity contribution is 5.75. The molecule has 3 aliphatic rings. The van der Waals surface area contributed by atoms with E-state index in [1.807, 2.05) is 91.0 Å². The summed E-state index contributed by atoms with van der Waals surface area (Å²) in [5.41, 5.74) is 12.2. The number of aliphatic hydroxyl groups is 1. The molecule has 3 saturated heterocycles. The Kier molecular flexibility index (Phi) is 12.3. The monoisotopic (exact) mass is 705 g/mol. The van der Waals surface area contributed by atoms with E-state index in [1.165, 1.54) is 0 Å². The van der Waals surface area contributed by atoms with Gasteiger partial charge in [-0.15, -0.1) is 0 Å². The average molecular weight is 706 g/mol. The first-order valence-electron chi connectivity index (χ1n) is 16.4. The van der Waals surface area contributed by atoms with Crippen LogP contribution in [0.1, 0.15) is 29.9 Å². The molecule has 0 aromatic heterocycles. The van der Waals surface area contributed by atoms with E-state index in [-0.39, 0.29) is 19.8 Å². The summed E-state index contributed by atoms with van der Waals surface area (Å²) in [6.07, 6.45) is -12.2. The summed E-state index contributed by atoms with van der Waals surface area (Å²) in [4.78, 5) is 28.4. The van der Waals surface area contributed by atoms with E-state index in [9.17, 15) is 20.2 Å². The molecule has 3 aliphatic heterocycles. The fraction of sp³-hybridized carbons (Fsp3) is 0.444. The van der Waals surface area contributed by atoms with Gasteiger partial charge in [0.05, 0.1) is 26.9 Å². The molecular weight excluding hydrogens is 666 g/mol. The SMILES string of the molecule is COC(=O)[C@@H]1OC(O)[C@H](OC(C)=O)[C@@H](OCc2ccccc2)[C@@H]1O[C@H]1O[C@@H]2COC(c3ccccc3)O[C@H]2[C@H](OCc2ccccc2)[C@H]1N=[N+]=[N-]. The Morgan fingerprint density at radius 3 is 2.04 bits per heavy atom. The number of methoxy groups -OCH3 is 1. The number of aliphatic hydroxyl groups excluding tert-OH is 1. The molecular formula is C36H39N3O12. The number of nitrogens with zero attached hydrogens (tertiary/aromatic N) is 3. The Morgan fingerprint density at radius 2 is 1.45 bits per heavy atom. The van der Waals surface area contributed by atoms with Crippen LogP contribution >= 0.6 is 0 Å². The van der Waals surface area contributed by atoms with E-state index >= 15 is 0 Å². The number of ether oxygens (including phenoxy) is 9. The van der Waals surface area contributed by atoms with E-state index < -0.39 is 79.6 Å². The van der Waals surface area contributed by atoms with Crippen LogP contribution in [0.4, 0.5) is 0 Å². The molecule has 3 aromatic rings. The van der Waals surface area contributed by atoms with Gasteiger partial charge in [-0.2, -0.15) is 0 Å². The molecule has 15 nitrogen and oxygen atoms in total. The third kappa shape index (κ3) is 8.73. The Balaban J connectivity index is 1.34. The van der Waals surface area contributed by atoms with Gasteiger partial charge in [0.15, 0.2) is 31.1 Å². The fourth-order valence-corrected chi connectivity index (χ4v) is 6.30. The van der Waals surface area contributed by atoms with Crippen LogP contribution in [0.3, 0.4) is 0 Å². The lowest BCUT2D eigenvalue weighted by atomic mass is 9.94. The minimum absolute atomic E-state index is 0.0227. The van der Waals surface area contributed by atoms with Crippen molar-refractivity contribution in [1.29, 1.82) is 0 Å². The highest BCUT2D eigenvalue weighted by Crippen LogP contribution is 2.39. The van der Waals surface area contributed by atoms with Crippen LogP contribution in [0.5, 0.6) is 0 Å². The van der Waals surface area contributed by atoms with Crippen molar-refractivity contribution in [2.24, 2.45) is 5.11 Å². The van der Waals surface area contributed by atoms with Crippen molar-refractivity contribution in [2.75, 3.05) is 13.7 Å². The Labute approximate surface area is 293 Å². The van der Waals surface area contributed by atoms with Crippen molar-refractivity contribution in [3.05, 3.63) is 118 Å². The van der Waals surface area contributed by atoms with Crippen molar-refractivity contribution in [3.8, 4) is 0 Å². The van der Waals surface area contributed by atoms with Gasteiger partial charge < -0.3 is 47.7 Å². The maximum Gasteiger partial charge on any atom is 0.337 e. The molecule has 11 atom stereocenters. The standard InChI is InChI=1S/C36H39N3O12/c1-21(40)47-31-29(45-19-23-14-8-4-9-15-23)30(32(33(41)43-2)49-34(31)42)51-36-26(38-39-37)28(44-18-22-12-6-3-7-13-22)27-25(48-36)20-46-35(50-27)24-16-10-5-11-17-24/h3-17,25-32,34-36,42H,18-20H2,1-2H3/t25-,26-,27-,28-,29+,30+,31-,32-,34?,35?,36-/m1/s1. The number of fused-ring (bicyclic) bond motifs is 1. The second-order valence-electron chi connectivity index (χ2n) is 12.1. The number of esters is 2. The number of azide groups is 1. The minimum Gasteiger partial charge on any atom is -0.467 e. The molecule has 0 radical (unpaired) electrons. The van der Waals surface area contributed by atoms with Crippen LogP contribution in [-0.4, -0.2) is 92.1 Å². The topological polar surface area (TPSA) is 186 Å².